The van der Waals surface area contributed by atoms with Gasteiger partial charge in [-0.3, -0.25) is 4.90 Å². The number of nitrogens with one attached hydrogen (secondary N) is 1. The summed E-state index contributed by atoms with van der Waals surface area (Å²) in [4.78, 5) is 2.56. The highest BCUT2D eigenvalue weighted by Gasteiger charge is 2.21. The van der Waals surface area contributed by atoms with Crippen LogP contribution in [0.1, 0.15) is 37.3 Å². The van der Waals surface area contributed by atoms with E-state index in [1.165, 1.54) is 30.4 Å². The Labute approximate surface area is 128 Å². The van der Waals surface area contributed by atoms with E-state index in [9.17, 15) is 0 Å². The Morgan fingerprint density at radius 3 is 2.67 bits per heavy atom. The molecule has 116 valence electrons. The minimum Gasteiger partial charge on any atom is -0.378 e. The predicted octanol–water partition coefficient (Wildman–Crippen LogP) is 2.59. The summed E-state index contributed by atoms with van der Waals surface area (Å²) in [5.74, 6) is 0. The van der Waals surface area contributed by atoms with Crippen LogP contribution in [-0.4, -0.2) is 43.3 Å². The van der Waals surface area contributed by atoms with E-state index in [-0.39, 0.29) is 0 Å². The van der Waals surface area contributed by atoms with Gasteiger partial charge in [-0.15, -0.1) is 0 Å². The smallest absolute Gasteiger partial charge is 0.0622 e. The molecule has 1 saturated heterocycles. The molecule has 3 rings (SSSR count). The van der Waals surface area contributed by atoms with E-state index in [2.05, 4.69) is 41.4 Å². The summed E-state index contributed by atoms with van der Waals surface area (Å²) in [7, 11) is 0. The van der Waals surface area contributed by atoms with Gasteiger partial charge in [-0.05, 0) is 43.4 Å². The fourth-order valence-corrected chi connectivity index (χ4v) is 3.03. The normalized spacial score (nSPS) is 23.4. The Bertz CT molecular complexity index is 427. The van der Waals surface area contributed by atoms with E-state index >= 15 is 0 Å². The van der Waals surface area contributed by atoms with Crippen LogP contribution >= 0.6 is 0 Å². The number of hydrogen-bond donors (Lipinski definition) is 1. The fraction of sp³-hybridized carbons (Fsp3) is 0.667. The maximum absolute atomic E-state index is 5.58. The lowest BCUT2D eigenvalue weighted by Crippen LogP contribution is -2.44. The Hall–Kier alpha value is -0.900. The second-order valence-electron chi connectivity index (χ2n) is 6.40. The molecule has 0 bridgehead atoms. The SMILES string of the molecule is CCC1COCCN1Cc1ccc(CCNC2CC2)cc1. The van der Waals surface area contributed by atoms with Crippen molar-refractivity contribution in [3.05, 3.63) is 35.4 Å². The number of morpholine rings is 1. The van der Waals surface area contributed by atoms with Crippen molar-refractivity contribution in [3.8, 4) is 0 Å². The molecule has 1 N–H and O–H groups in total. The van der Waals surface area contributed by atoms with E-state index in [1.54, 1.807) is 0 Å². The number of rotatable bonds is 7. The minimum absolute atomic E-state index is 0.584. The summed E-state index contributed by atoms with van der Waals surface area (Å²) in [5.41, 5.74) is 2.87. The lowest BCUT2D eigenvalue weighted by atomic mass is 10.1. The van der Waals surface area contributed by atoms with Crippen molar-refractivity contribution in [1.29, 1.82) is 0 Å². The second-order valence-corrected chi connectivity index (χ2v) is 6.40. The van der Waals surface area contributed by atoms with Crippen molar-refractivity contribution in [1.82, 2.24) is 10.2 Å². The zero-order valence-electron chi connectivity index (χ0n) is 13.2. The highest BCUT2D eigenvalue weighted by atomic mass is 16.5. The van der Waals surface area contributed by atoms with Gasteiger partial charge >= 0.3 is 0 Å². The van der Waals surface area contributed by atoms with Gasteiger partial charge in [-0.1, -0.05) is 31.2 Å². The molecule has 1 aromatic rings. The van der Waals surface area contributed by atoms with Crippen LogP contribution in [0.2, 0.25) is 0 Å². The molecule has 1 saturated carbocycles. The first-order chi connectivity index (χ1) is 10.3. The summed E-state index contributed by atoms with van der Waals surface area (Å²) in [6.07, 6.45) is 5.06. The molecule has 3 nitrogen and oxygen atoms in total. The first kappa shape index (κ1) is 15.0. The van der Waals surface area contributed by atoms with E-state index in [4.69, 9.17) is 4.74 Å². The second kappa shape index (κ2) is 7.39. The molecular formula is C18H28N2O. The van der Waals surface area contributed by atoms with Crippen LogP contribution in [0.5, 0.6) is 0 Å². The largest absolute Gasteiger partial charge is 0.378 e. The summed E-state index contributed by atoms with van der Waals surface area (Å²) in [6, 6.07) is 10.6. The topological polar surface area (TPSA) is 24.5 Å². The van der Waals surface area contributed by atoms with Crippen molar-refractivity contribution in [2.75, 3.05) is 26.3 Å². The first-order valence-corrected chi connectivity index (χ1v) is 8.48. The molecule has 1 aliphatic heterocycles. The summed E-state index contributed by atoms with van der Waals surface area (Å²) in [5, 5.41) is 3.58. The average molecular weight is 288 g/mol. The van der Waals surface area contributed by atoms with E-state index in [0.717, 1.165) is 45.3 Å². The number of benzene rings is 1. The van der Waals surface area contributed by atoms with E-state index in [1.807, 2.05) is 0 Å². The van der Waals surface area contributed by atoms with Crippen molar-refractivity contribution in [3.63, 3.8) is 0 Å². The third-order valence-electron chi connectivity index (χ3n) is 4.65. The highest BCUT2D eigenvalue weighted by molar-refractivity contribution is 5.23. The van der Waals surface area contributed by atoms with Crippen LogP contribution in [0.15, 0.2) is 24.3 Å². The van der Waals surface area contributed by atoms with Crippen LogP contribution in [0, 0.1) is 0 Å². The molecule has 1 heterocycles. The summed E-state index contributed by atoms with van der Waals surface area (Å²) >= 11 is 0. The monoisotopic (exact) mass is 288 g/mol. The Morgan fingerprint density at radius 2 is 1.95 bits per heavy atom. The van der Waals surface area contributed by atoms with Crippen molar-refractivity contribution >= 4 is 0 Å². The van der Waals surface area contributed by atoms with Crippen LogP contribution in [0.4, 0.5) is 0 Å². The third kappa shape index (κ3) is 4.53. The molecule has 1 unspecified atom stereocenters. The molecule has 0 amide bonds. The molecule has 2 fully saturated rings. The zero-order valence-corrected chi connectivity index (χ0v) is 13.2. The quantitative estimate of drug-likeness (QED) is 0.834. The molecule has 1 atom stereocenters. The number of ether oxygens (including phenoxy) is 1. The lowest BCUT2D eigenvalue weighted by Gasteiger charge is -2.35. The fourth-order valence-electron chi connectivity index (χ4n) is 3.03. The molecular weight excluding hydrogens is 260 g/mol. The maximum atomic E-state index is 5.58. The molecule has 0 aromatic heterocycles. The standard InChI is InChI=1S/C18H28N2O/c1-2-18-14-21-12-11-20(18)13-16-5-3-15(4-6-16)9-10-19-17-7-8-17/h3-6,17-19H,2,7-14H2,1H3. The Balaban J connectivity index is 1.48. The van der Waals surface area contributed by atoms with Gasteiger partial charge in [0.2, 0.25) is 0 Å². The van der Waals surface area contributed by atoms with Gasteiger partial charge in [0, 0.05) is 25.2 Å². The maximum Gasteiger partial charge on any atom is 0.0622 e. The van der Waals surface area contributed by atoms with Crippen LogP contribution in [-0.2, 0) is 17.7 Å². The van der Waals surface area contributed by atoms with Gasteiger partial charge in [0.1, 0.15) is 0 Å². The molecule has 1 aliphatic carbocycles. The predicted molar refractivity (Wildman–Crippen MR) is 86.5 cm³/mol. The van der Waals surface area contributed by atoms with Crippen molar-refractivity contribution in [2.45, 2.75) is 51.2 Å². The van der Waals surface area contributed by atoms with Crippen LogP contribution in [0.3, 0.4) is 0 Å². The van der Waals surface area contributed by atoms with Gasteiger partial charge in [-0.2, -0.15) is 0 Å². The van der Waals surface area contributed by atoms with Gasteiger partial charge < -0.3 is 10.1 Å². The van der Waals surface area contributed by atoms with Gasteiger partial charge in [-0.25, -0.2) is 0 Å². The summed E-state index contributed by atoms with van der Waals surface area (Å²) < 4.78 is 5.58. The Morgan fingerprint density at radius 1 is 1.19 bits per heavy atom. The van der Waals surface area contributed by atoms with Crippen molar-refractivity contribution < 1.29 is 4.74 Å². The molecule has 1 aromatic carbocycles. The average Bonchev–Trinajstić information content (AvgIpc) is 3.34. The van der Waals surface area contributed by atoms with Gasteiger partial charge in [0.25, 0.3) is 0 Å². The lowest BCUT2D eigenvalue weighted by molar-refractivity contribution is -0.0127. The van der Waals surface area contributed by atoms with Crippen LogP contribution in [0.25, 0.3) is 0 Å². The molecule has 0 spiro atoms. The first-order valence-electron chi connectivity index (χ1n) is 8.48. The number of nitrogens with zero attached hydrogens (tertiary/aromatic N) is 1. The van der Waals surface area contributed by atoms with Crippen LogP contribution < -0.4 is 5.32 Å². The molecule has 3 heteroatoms. The molecule has 0 radical (unpaired) electrons. The van der Waals surface area contributed by atoms with E-state index in [0.29, 0.717) is 6.04 Å². The van der Waals surface area contributed by atoms with Gasteiger partial charge in [0.15, 0.2) is 0 Å². The number of hydrogen-bond acceptors (Lipinski definition) is 3. The highest BCUT2D eigenvalue weighted by Crippen LogP contribution is 2.18. The molecule has 21 heavy (non-hydrogen) atoms. The minimum atomic E-state index is 0.584. The zero-order chi connectivity index (χ0) is 14.5. The summed E-state index contributed by atoms with van der Waals surface area (Å²) in [6.45, 7) is 7.25. The van der Waals surface area contributed by atoms with E-state index < -0.39 is 0 Å². The Kier molecular flexibility index (Phi) is 5.28. The van der Waals surface area contributed by atoms with Gasteiger partial charge in [0.05, 0.1) is 13.2 Å². The van der Waals surface area contributed by atoms with Crippen molar-refractivity contribution in [2.24, 2.45) is 0 Å². The molecule has 2 aliphatic rings. The third-order valence-corrected chi connectivity index (χ3v) is 4.65.